The van der Waals surface area contributed by atoms with Crippen LogP contribution in [0.1, 0.15) is 46.0 Å². The molecule has 1 saturated heterocycles. The van der Waals surface area contributed by atoms with Crippen molar-refractivity contribution in [1.29, 1.82) is 5.26 Å². The van der Waals surface area contributed by atoms with Gasteiger partial charge in [0.1, 0.15) is 0 Å². The minimum atomic E-state index is 0.380. The van der Waals surface area contributed by atoms with Crippen LogP contribution in [0.5, 0.6) is 0 Å². The number of nitrogens with one attached hydrogen (secondary N) is 1. The van der Waals surface area contributed by atoms with Gasteiger partial charge in [-0.1, -0.05) is 0 Å². The third kappa shape index (κ3) is 5.15. The molecule has 1 N–H and O–H groups in total. The first-order valence-electron chi connectivity index (χ1n) is 5.98. The Morgan fingerprint density at radius 2 is 1.93 bits per heavy atom. The molecule has 0 aromatic heterocycles. The van der Waals surface area contributed by atoms with E-state index >= 15 is 0 Å². The van der Waals surface area contributed by atoms with E-state index in [9.17, 15) is 0 Å². The monoisotopic (exact) mass is 210 g/mol. The van der Waals surface area contributed by atoms with E-state index in [1.165, 1.54) is 0 Å². The van der Waals surface area contributed by atoms with Crippen LogP contribution in [0.3, 0.4) is 0 Å². The summed E-state index contributed by atoms with van der Waals surface area (Å²) in [4.78, 5) is 0. The van der Waals surface area contributed by atoms with E-state index in [2.05, 4.69) is 25.2 Å². The molecule has 3 nitrogen and oxygen atoms in total. The summed E-state index contributed by atoms with van der Waals surface area (Å²) in [5, 5.41) is 11.9. The third-order valence-electron chi connectivity index (χ3n) is 2.85. The number of hydrogen-bond donors (Lipinski definition) is 1. The van der Waals surface area contributed by atoms with Crippen molar-refractivity contribution in [2.24, 2.45) is 0 Å². The molecule has 2 atom stereocenters. The molecule has 0 saturated carbocycles. The molecule has 0 spiro atoms. The van der Waals surface area contributed by atoms with Crippen LogP contribution in [-0.4, -0.2) is 24.8 Å². The Morgan fingerprint density at radius 1 is 1.27 bits per heavy atom. The number of ether oxygens (including phenoxy) is 1. The zero-order chi connectivity index (χ0) is 11.1. The Hall–Kier alpha value is -0.590. The number of nitrogens with zero attached hydrogens (tertiary/aromatic N) is 1. The summed E-state index contributed by atoms with van der Waals surface area (Å²) in [5.41, 5.74) is 0. The van der Waals surface area contributed by atoms with Gasteiger partial charge in [-0.3, -0.25) is 0 Å². The van der Waals surface area contributed by atoms with Crippen LogP contribution in [0.25, 0.3) is 0 Å². The van der Waals surface area contributed by atoms with E-state index in [1.54, 1.807) is 0 Å². The van der Waals surface area contributed by atoms with Crippen molar-refractivity contribution < 1.29 is 4.74 Å². The standard InChI is InChI=1S/C12H22N2O/c1-10-8-12(9-11(2)15-10)14-7-5-3-4-6-13/h10-12,14H,3-5,7-9H2,1-2H3. The first-order valence-corrected chi connectivity index (χ1v) is 5.98. The molecule has 0 aromatic carbocycles. The normalized spacial score (nSPS) is 31.1. The van der Waals surface area contributed by atoms with Crippen molar-refractivity contribution in [2.45, 2.75) is 64.2 Å². The molecule has 1 fully saturated rings. The summed E-state index contributed by atoms with van der Waals surface area (Å²) in [6.07, 6.45) is 5.79. The Labute approximate surface area is 92.8 Å². The largest absolute Gasteiger partial charge is 0.375 e. The topological polar surface area (TPSA) is 45.0 Å². The Bertz CT molecular complexity index is 202. The summed E-state index contributed by atoms with van der Waals surface area (Å²) < 4.78 is 5.68. The molecule has 0 radical (unpaired) electrons. The quantitative estimate of drug-likeness (QED) is 0.708. The van der Waals surface area contributed by atoms with E-state index in [1.807, 2.05) is 0 Å². The molecule has 1 heterocycles. The van der Waals surface area contributed by atoms with Gasteiger partial charge in [-0.2, -0.15) is 5.26 Å². The highest BCUT2D eigenvalue weighted by atomic mass is 16.5. The highest BCUT2D eigenvalue weighted by molar-refractivity contribution is 4.78. The van der Waals surface area contributed by atoms with E-state index in [0.29, 0.717) is 24.7 Å². The molecule has 3 heteroatoms. The van der Waals surface area contributed by atoms with Crippen LogP contribution in [0.15, 0.2) is 0 Å². The van der Waals surface area contributed by atoms with Gasteiger partial charge in [0.25, 0.3) is 0 Å². The fraction of sp³-hybridized carbons (Fsp3) is 0.917. The fourth-order valence-electron chi connectivity index (χ4n) is 2.21. The van der Waals surface area contributed by atoms with Crippen LogP contribution in [0, 0.1) is 11.3 Å². The molecule has 0 aliphatic carbocycles. The Balaban J connectivity index is 2.08. The van der Waals surface area contributed by atoms with Crippen molar-refractivity contribution in [1.82, 2.24) is 5.32 Å². The third-order valence-corrected chi connectivity index (χ3v) is 2.85. The summed E-state index contributed by atoms with van der Waals surface area (Å²) in [6, 6.07) is 2.78. The summed E-state index contributed by atoms with van der Waals surface area (Å²) in [5.74, 6) is 0. The van der Waals surface area contributed by atoms with Gasteiger partial charge in [0, 0.05) is 12.5 Å². The van der Waals surface area contributed by atoms with E-state index < -0.39 is 0 Å². The zero-order valence-electron chi connectivity index (χ0n) is 9.83. The lowest BCUT2D eigenvalue weighted by atomic mass is 10.00. The van der Waals surface area contributed by atoms with Crippen LogP contribution < -0.4 is 5.32 Å². The highest BCUT2D eigenvalue weighted by Crippen LogP contribution is 2.18. The molecular weight excluding hydrogens is 188 g/mol. The van der Waals surface area contributed by atoms with Gasteiger partial charge in [-0.25, -0.2) is 0 Å². The SMILES string of the molecule is CC1CC(NCCCCC#N)CC(C)O1. The lowest BCUT2D eigenvalue weighted by molar-refractivity contribution is -0.0419. The highest BCUT2D eigenvalue weighted by Gasteiger charge is 2.23. The van der Waals surface area contributed by atoms with Gasteiger partial charge < -0.3 is 10.1 Å². The molecule has 1 aliphatic heterocycles. The summed E-state index contributed by atoms with van der Waals surface area (Å²) >= 11 is 0. The van der Waals surface area contributed by atoms with Crippen LogP contribution in [-0.2, 0) is 4.74 Å². The van der Waals surface area contributed by atoms with E-state index in [0.717, 1.165) is 32.2 Å². The Kier molecular flexibility index (Phi) is 5.67. The summed E-state index contributed by atoms with van der Waals surface area (Å²) in [6.45, 7) is 5.31. The van der Waals surface area contributed by atoms with Crippen molar-refractivity contribution in [3.05, 3.63) is 0 Å². The molecule has 1 rings (SSSR count). The fourth-order valence-corrected chi connectivity index (χ4v) is 2.21. The number of rotatable bonds is 5. The second-order valence-electron chi connectivity index (χ2n) is 4.49. The lowest BCUT2D eigenvalue weighted by Gasteiger charge is -2.32. The minimum absolute atomic E-state index is 0.380. The lowest BCUT2D eigenvalue weighted by Crippen LogP contribution is -2.41. The predicted octanol–water partition coefficient (Wildman–Crippen LogP) is 2.23. The molecule has 15 heavy (non-hydrogen) atoms. The van der Waals surface area contributed by atoms with Crippen LogP contribution >= 0.6 is 0 Å². The molecule has 0 bridgehead atoms. The molecule has 2 unspecified atom stereocenters. The molecule has 0 amide bonds. The van der Waals surface area contributed by atoms with Crippen molar-refractivity contribution in [3.8, 4) is 6.07 Å². The minimum Gasteiger partial charge on any atom is -0.375 e. The van der Waals surface area contributed by atoms with Crippen LogP contribution in [0.4, 0.5) is 0 Å². The molecule has 0 aromatic rings. The van der Waals surface area contributed by atoms with Gasteiger partial charge >= 0.3 is 0 Å². The van der Waals surface area contributed by atoms with Crippen molar-refractivity contribution in [2.75, 3.05) is 6.54 Å². The average molecular weight is 210 g/mol. The Morgan fingerprint density at radius 3 is 2.53 bits per heavy atom. The summed E-state index contributed by atoms with van der Waals surface area (Å²) in [7, 11) is 0. The predicted molar refractivity (Wildman–Crippen MR) is 60.5 cm³/mol. The van der Waals surface area contributed by atoms with E-state index in [4.69, 9.17) is 10.00 Å². The number of nitriles is 1. The zero-order valence-corrected chi connectivity index (χ0v) is 9.83. The maximum atomic E-state index is 8.40. The molecular formula is C12H22N2O. The van der Waals surface area contributed by atoms with Gasteiger partial charge in [0.2, 0.25) is 0 Å². The maximum absolute atomic E-state index is 8.40. The molecule has 86 valence electrons. The van der Waals surface area contributed by atoms with Gasteiger partial charge in [-0.05, 0) is 46.1 Å². The second-order valence-corrected chi connectivity index (χ2v) is 4.49. The number of hydrogen-bond acceptors (Lipinski definition) is 3. The first kappa shape index (κ1) is 12.5. The molecule has 1 aliphatic rings. The van der Waals surface area contributed by atoms with Crippen molar-refractivity contribution in [3.63, 3.8) is 0 Å². The van der Waals surface area contributed by atoms with E-state index in [-0.39, 0.29) is 0 Å². The smallest absolute Gasteiger partial charge is 0.0621 e. The van der Waals surface area contributed by atoms with Gasteiger partial charge in [-0.15, -0.1) is 0 Å². The second kappa shape index (κ2) is 6.81. The van der Waals surface area contributed by atoms with Gasteiger partial charge in [0.05, 0.1) is 18.3 Å². The number of unbranched alkanes of at least 4 members (excludes halogenated alkanes) is 2. The van der Waals surface area contributed by atoms with Gasteiger partial charge in [0.15, 0.2) is 0 Å². The first-order chi connectivity index (χ1) is 7.22. The average Bonchev–Trinajstić information content (AvgIpc) is 2.16. The maximum Gasteiger partial charge on any atom is 0.0621 e. The van der Waals surface area contributed by atoms with Crippen molar-refractivity contribution >= 4 is 0 Å². The van der Waals surface area contributed by atoms with Crippen LogP contribution in [0.2, 0.25) is 0 Å².